The Kier molecular flexibility index (Phi) is 5.35. The van der Waals surface area contributed by atoms with Crippen LogP contribution >= 0.6 is 23.2 Å². The summed E-state index contributed by atoms with van der Waals surface area (Å²) < 4.78 is 0. The number of allylic oxidation sites excluding steroid dienone is 1. The molecule has 0 heterocycles. The van der Waals surface area contributed by atoms with Gasteiger partial charge in [0.2, 0.25) is 0 Å². The number of carbonyl (C=O) groups is 1. The van der Waals surface area contributed by atoms with Crippen molar-refractivity contribution in [2.75, 3.05) is 7.05 Å². The second kappa shape index (κ2) is 6.56. The lowest BCUT2D eigenvalue weighted by atomic mass is 10.1. The van der Waals surface area contributed by atoms with Gasteiger partial charge in [-0.05, 0) is 18.2 Å². The van der Waals surface area contributed by atoms with E-state index in [9.17, 15) is 10.0 Å². The van der Waals surface area contributed by atoms with Gasteiger partial charge in [-0.25, -0.2) is 0 Å². The Morgan fingerprint density at radius 3 is 2.26 bits per heavy atom. The summed E-state index contributed by atoms with van der Waals surface area (Å²) in [6.45, 7) is 4.62. The molecule has 1 aromatic rings. The maximum atomic E-state index is 11.6. The minimum atomic E-state index is -0.354. The fourth-order valence-electron chi connectivity index (χ4n) is 1.60. The van der Waals surface area contributed by atoms with E-state index in [-0.39, 0.29) is 17.2 Å². The number of hydrazone groups is 1. The summed E-state index contributed by atoms with van der Waals surface area (Å²) in [5, 5.41) is 14.6. The smallest absolute Gasteiger partial charge is 0.180 e. The highest BCUT2D eigenvalue weighted by atomic mass is 35.5. The molecule has 0 aromatic heterocycles. The van der Waals surface area contributed by atoms with Crippen molar-refractivity contribution in [3.8, 4) is 0 Å². The first-order valence-corrected chi connectivity index (χ1v) is 5.98. The fraction of sp³-hybridized carbons (Fsp3) is 0.167. The highest BCUT2D eigenvalue weighted by molar-refractivity contribution is 6.34. The van der Waals surface area contributed by atoms with Crippen LogP contribution in [0.15, 0.2) is 29.0 Å². The van der Waals surface area contributed by atoms with E-state index >= 15 is 0 Å². The van der Waals surface area contributed by atoms with E-state index in [0.717, 1.165) is 0 Å². The molecule has 0 saturated heterocycles. The normalized spacial score (nSPS) is 11.6. The van der Waals surface area contributed by atoms with Gasteiger partial charge < -0.3 is 0 Å². The van der Waals surface area contributed by atoms with E-state index in [1.54, 1.807) is 18.2 Å². The number of halogens is 2. The first kappa shape index (κ1) is 15.5. The molecule has 1 rings (SSSR count). The fourth-order valence-corrected chi connectivity index (χ4v) is 2.12. The third kappa shape index (κ3) is 3.96. The molecule has 0 aliphatic carbocycles. The van der Waals surface area contributed by atoms with Crippen LogP contribution in [-0.4, -0.2) is 29.8 Å². The summed E-state index contributed by atoms with van der Waals surface area (Å²) in [5.41, 5.74) is 3.36. The highest BCUT2D eigenvalue weighted by Crippen LogP contribution is 2.25. The Morgan fingerprint density at radius 2 is 1.89 bits per heavy atom. The zero-order chi connectivity index (χ0) is 14.6. The van der Waals surface area contributed by atoms with Gasteiger partial charge in [-0.3, -0.25) is 20.5 Å². The van der Waals surface area contributed by atoms with Crippen molar-refractivity contribution in [2.45, 2.75) is 6.92 Å². The van der Waals surface area contributed by atoms with E-state index < -0.39 is 0 Å². The zero-order valence-corrected chi connectivity index (χ0v) is 12.0. The number of carbonyl (C=O) groups excluding carboxylic acids is 1. The molecule has 0 aliphatic rings. The minimum absolute atomic E-state index is 0.0192. The molecule has 0 aliphatic heterocycles. The molecule has 0 spiro atoms. The molecular formula is C12H13Cl2N3O2. The summed E-state index contributed by atoms with van der Waals surface area (Å²) in [6, 6.07) is 4.74. The first-order chi connectivity index (χ1) is 8.86. The molecule has 19 heavy (non-hydrogen) atoms. The highest BCUT2D eigenvalue weighted by Gasteiger charge is 2.17. The molecule has 0 atom stereocenters. The van der Waals surface area contributed by atoms with Crippen LogP contribution in [0.4, 0.5) is 0 Å². The average Bonchev–Trinajstić information content (AvgIpc) is 2.25. The van der Waals surface area contributed by atoms with Crippen LogP contribution in [0.5, 0.6) is 0 Å². The lowest BCUT2D eigenvalue weighted by molar-refractivity contribution is -0.120. The van der Waals surface area contributed by atoms with Gasteiger partial charge in [-0.1, -0.05) is 23.2 Å². The second-order valence-electron chi connectivity index (χ2n) is 3.73. The van der Waals surface area contributed by atoms with Crippen LogP contribution < -0.4 is 5.43 Å². The van der Waals surface area contributed by atoms with E-state index in [1.165, 1.54) is 14.0 Å². The summed E-state index contributed by atoms with van der Waals surface area (Å²) in [5.74, 6) is -0.354. The largest absolute Gasteiger partial charge is 0.293 e. The predicted molar refractivity (Wildman–Crippen MR) is 76.3 cm³/mol. The van der Waals surface area contributed by atoms with Crippen molar-refractivity contribution in [3.63, 3.8) is 0 Å². The molecular weight excluding hydrogens is 289 g/mol. The van der Waals surface area contributed by atoms with Gasteiger partial charge >= 0.3 is 0 Å². The first-order valence-electron chi connectivity index (χ1n) is 5.22. The average molecular weight is 302 g/mol. The molecule has 7 heteroatoms. The Balaban J connectivity index is 3.52. The van der Waals surface area contributed by atoms with Crippen molar-refractivity contribution in [1.82, 2.24) is 10.5 Å². The SMILES string of the molecule is C=NN/C(=C(/C(C)=O)N(C)O)c1cc(Cl)cc(Cl)c1. The van der Waals surface area contributed by atoms with Crippen LogP contribution in [0.2, 0.25) is 10.0 Å². The second-order valence-corrected chi connectivity index (χ2v) is 4.60. The maximum absolute atomic E-state index is 11.6. The van der Waals surface area contributed by atoms with E-state index in [1.807, 2.05) is 0 Å². The van der Waals surface area contributed by atoms with Gasteiger partial charge in [0.1, 0.15) is 5.70 Å². The molecule has 0 saturated carbocycles. The predicted octanol–water partition coefficient (Wildman–Crippen LogP) is 2.78. The number of Topliss-reactive ketones (excluding diaryl/α,β-unsaturated/α-hetero) is 1. The van der Waals surface area contributed by atoms with Crippen molar-refractivity contribution in [3.05, 3.63) is 39.5 Å². The lowest BCUT2D eigenvalue weighted by Gasteiger charge is -2.18. The van der Waals surface area contributed by atoms with Gasteiger partial charge in [0, 0.05) is 36.3 Å². The molecule has 0 fully saturated rings. The van der Waals surface area contributed by atoms with E-state index in [0.29, 0.717) is 20.7 Å². The Hall–Kier alpha value is -1.56. The quantitative estimate of drug-likeness (QED) is 0.499. The number of nitrogens with zero attached hydrogens (tertiary/aromatic N) is 2. The zero-order valence-electron chi connectivity index (χ0n) is 10.4. The Bertz CT molecular complexity index is 522. The van der Waals surface area contributed by atoms with E-state index in [4.69, 9.17) is 23.2 Å². The van der Waals surface area contributed by atoms with Gasteiger partial charge in [0.25, 0.3) is 0 Å². The van der Waals surface area contributed by atoms with Gasteiger partial charge in [0.15, 0.2) is 5.78 Å². The number of ketones is 1. The summed E-state index contributed by atoms with van der Waals surface area (Å²) in [7, 11) is 1.33. The lowest BCUT2D eigenvalue weighted by Crippen LogP contribution is -2.23. The minimum Gasteiger partial charge on any atom is -0.293 e. The maximum Gasteiger partial charge on any atom is 0.180 e. The van der Waals surface area contributed by atoms with Crippen LogP contribution in [0.25, 0.3) is 5.70 Å². The molecule has 2 N–H and O–H groups in total. The number of rotatable bonds is 5. The van der Waals surface area contributed by atoms with Crippen molar-refractivity contribution in [2.24, 2.45) is 5.10 Å². The van der Waals surface area contributed by atoms with Crippen molar-refractivity contribution in [1.29, 1.82) is 0 Å². The topological polar surface area (TPSA) is 64.9 Å². The van der Waals surface area contributed by atoms with E-state index in [2.05, 4.69) is 17.2 Å². The third-order valence-electron chi connectivity index (χ3n) is 2.24. The summed E-state index contributed by atoms with van der Waals surface area (Å²) >= 11 is 11.8. The Morgan fingerprint density at radius 1 is 1.37 bits per heavy atom. The standard InChI is InChI=1S/C12H13Cl2N3O2/c1-7(18)12(17(3)19)11(16-15-2)8-4-9(13)6-10(14)5-8/h4-6,16,19H,2H2,1,3H3/b12-11-. The van der Waals surface area contributed by atoms with Crippen LogP contribution in [0.3, 0.4) is 0 Å². The van der Waals surface area contributed by atoms with Gasteiger partial charge in [-0.2, -0.15) is 5.10 Å². The van der Waals surface area contributed by atoms with Gasteiger partial charge in [0.05, 0.1) is 5.70 Å². The monoisotopic (exact) mass is 301 g/mol. The number of hydrogen-bond acceptors (Lipinski definition) is 5. The molecule has 102 valence electrons. The van der Waals surface area contributed by atoms with Crippen LogP contribution in [0, 0.1) is 0 Å². The molecule has 0 bridgehead atoms. The summed E-state index contributed by atoms with van der Waals surface area (Å²) in [6.07, 6.45) is 0. The third-order valence-corrected chi connectivity index (χ3v) is 2.67. The summed E-state index contributed by atoms with van der Waals surface area (Å²) in [4.78, 5) is 11.6. The molecule has 5 nitrogen and oxygen atoms in total. The van der Waals surface area contributed by atoms with Crippen molar-refractivity contribution < 1.29 is 10.0 Å². The molecule has 1 aromatic carbocycles. The number of likely N-dealkylation sites (N-methyl/N-ethyl adjacent to an activating group) is 1. The Labute approximate surface area is 121 Å². The molecule has 0 amide bonds. The van der Waals surface area contributed by atoms with Crippen LogP contribution in [0.1, 0.15) is 12.5 Å². The molecule has 0 radical (unpaired) electrons. The number of hydrogen-bond donors (Lipinski definition) is 2. The number of hydroxylamine groups is 2. The van der Waals surface area contributed by atoms with Crippen molar-refractivity contribution >= 4 is 41.4 Å². The number of nitrogens with one attached hydrogen (secondary N) is 1. The number of benzene rings is 1. The van der Waals surface area contributed by atoms with Gasteiger partial charge in [-0.15, -0.1) is 0 Å². The molecule has 0 unspecified atom stereocenters. The van der Waals surface area contributed by atoms with Crippen LogP contribution in [-0.2, 0) is 4.79 Å².